The highest BCUT2D eigenvalue weighted by Gasteiger charge is 2.14. The van der Waals surface area contributed by atoms with Gasteiger partial charge in [0.1, 0.15) is 11.5 Å². The molecule has 0 saturated carbocycles. The van der Waals surface area contributed by atoms with Crippen molar-refractivity contribution in [1.29, 1.82) is 0 Å². The van der Waals surface area contributed by atoms with Crippen molar-refractivity contribution in [2.45, 2.75) is 6.92 Å². The highest BCUT2D eigenvalue weighted by atomic mass is 35.5. The van der Waals surface area contributed by atoms with Crippen molar-refractivity contribution in [3.05, 3.63) is 88.9 Å². The van der Waals surface area contributed by atoms with Crippen molar-refractivity contribution in [3.8, 4) is 11.5 Å². The number of hydrogen-bond acceptors (Lipinski definition) is 2. The van der Waals surface area contributed by atoms with Gasteiger partial charge in [0.25, 0.3) is 5.91 Å². The number of carbonyl (C=O) groups excluding carboxylic acids is 1. The molecule has 0 fully saturated rings. The third-order valence-corrected chi connectivity index (χ3v) is 3.77. The Labute approximate surface area is 145 Å². The van der Waals surface area contributed by atoms with E-state index in [0.29, 0.717) is 22.1 Å². The van der Waals surface area contributed by atoms with Crippen LogP contribution in [0.4, 0.5) is 5.69 Å². The molecule has 1 N–H and O–H groups in total. The van der Waals surface area contributed by atoms with Gasteiger partial charge in [0.15, 0.2) is 0 Å². The predicted molar refractivity (Wildman–Crippen MR) is 97.1 cm³/mol. The lowest BCUT2D eigenvalue weighted by Gasteiger charge is -2.12. The van der Waals surface area contributed by atoms with E-state index in [9.17, 15) is 4.79 Å². The highest BCUT2D eigenvalue weighted by Crippen LogP contribution is 2.27. The number of carbonyl (C=O) groups is 1. The van der Waals surface area contributed by atoms with Gasteiger partial charge in [-0.2, -0.15) is 0 Å². The third kappa shape index (κ3) is 3.76. The molecule has 3 aromatic rings. The van der Waals surface area contributed by atoms with Crippen molar-refractivity contribution < 1.29 is 9.53 Å². The summed E-state index contributed by atoms with van der Waals surface area (Å²) in [6.07, 6.45) is 0. The Morgan fingerprint density at radius 2 is 1.67 bits per heavy atom. The quantitative estimate of drug-likeness (QED) is 0.663. The van der Waals surface area contributed by atoms with Crippen LogP contribution in [0, 0.1) is 6.92 Å². The lowest BCUT2D eigenvalue weighted by molar-refractivity contribution is 0.102. The van der Waals surface area contributed by atoms with Crippen LogP contribution in [0.25, 0.3) is 0 Å². The molecule has 24 heavy (non-hydrogen) atoms. The molecule has 3 nitrogen and oxygen atoms in total. The summed E-state index contributed by atoms with van der Waals surface area (Å²) in [5, 5.41) is 3.54. The van der Waals surface area contributed by atoms with Gasteiger partial charge in [-0.1, -0.05) is 41.9 Å². The second-order valence-electron chi connectivity index (χ2n) is 5.32. The number of rotatable bonds is 4. The SMILES string of the molecule is Cc1cc(Cl)ccc1NC(=O)c1ccccc1Oc1ccccc1. The highest BCUT2D eigenvalue weighted by molar-refractivity contribution is 6.30. The number of hydrogen-bond donors (Lipinski definition) is 1. The monoisotopic (exact) mass is 337 g/mol. The van der Waals surface area contributed by atoms with Crippen LogP contribution in [0.2, 0.25) is 5.02 Å². The average Bonchev–Trinajstić information content (AvgIpc) is 2.59. The summed E-state index contributed by atoms with van der Waals surface area (Å²) in [6.45, 7) is 1.90. The molecule has 0 bridgehead atoms. The van der Waals surface area contributed by atoms with E-state index in [1.54, 1.807) is 24.3 Å². The van der Waals surface area contributed by atoms with Crippen molar-refractivity contribution >= 4 is 23.2 Å². The van der Waals surface area contributed by atoms with Crippen LogP contribution in [0.1, 0.15) is 15.9 Å². The van der Waals surface area contributed by atoms with Crippen LogP contribution in [-0.4, -0.2) is 5.91 Å². The smallest absolute Gasteiger partial charge is 0.259 e. The summed E-state index contributed by atoms with van der Waals surface area (Å²) >= 11 is 5.95. The fraction of sp³-hybridized carbons (Fsp3) is 0.0500. The lowest BCUT2D eigenvalue weighted by atomic mass is 10.1. The van der Waals surface area contributed by atoms with E-state index in [1.165, 1.54) is 0 Å². The first-order valence-corrected chi connectivity index (χ1v) is 7.91. The van der Waals surface area contributed by atoms with Gasteiger partial charge < -0.3 is 10.1 Å². The van der Waals surface area contributed by atoms with E-state index in [-0.39, 0.29) is 5.91 Å². The summed E-state index contributed by atoms with van der Waals surface area (Å²) in [7, 11) is 0. The first kappa shape index (κ1) is 16.1. The number of aryl methyl sites for hydroxylation is 1. The van der Waals surface area contributed by atoms with E-state index < -0.39 is 0 Å². The standard InChI is InChI=1S/C20H16ClNO2/c1-14-13-15(21)11-12-18(14)22-20(23)17-9-5-6-10-19(17)24-16-7-3-2-4-8-16/h2-13H,1H3,(H,22,23). The zero-order valence-electron chi connectivity index (χ0n) is 13.1. The van der Waals surface area contributed by atoms with Crippen LogP contribution in [0.15, 0.2) is 72.8 Å². The molecule has 0 aliphatic heterocycles. The molecule has 0 spiro atoms. The van der Waals surface area contributed by atoms with Gasteiger partial charge in [0.05, 0.1) is 5.56 Å². The summed E-state index contributed by atoms with van der Waals surface area (Å²) in [5.41, 5.74) is 2.09. The minimum atomic E-state index is -0.230. The normalized spacial score (nSPS) is 10.2. The summed E-state index contributed by atoms with van der Waals surface area (Å²) in [5.74, 6) is 0.959. The molecule has 0 atom stereocenters. The zero-order chi connectivity index (χ0) is 16.9. The Kier molecular flexibility index (Phi) is 4.82. The molecule has 0 aromatic heterocycles. The van der Waals surface area contributed by atoms with Crippen LogP contribution in [0.3, 0.4) is 0 Å². The van der Waals surface area contributed by atoms with Gasteiger partial charge in [-0.05, 0) is 55.0 Å². The Balaban J connectivity index is 1.85. The number of benzene rings is 3. The Hall–Kier alpha value is -2.78. The molecule has 0 heterocycles. The molecular formula is C20H16ClNO2. The number of para-hydroxylation sites is 2. The number of ether oxygens (including phenoxy) is 1. The topological polar surface area (TPSA) is 38.3 Å². The zero-order valence-corrected chi connectivity index (χ0v) is 13.9. The molecule has 0 aliphatic carbocycles. The Morgan fingerprint density at radius 3 is 2.42 bits per heavy atom. The number of amides is 1. The van der Waals surface area contributed by atoms with Crippen LogP contribution in [-0.2, 0) is 0 Å². The second-order valence-corrected chi connectivity index (χ2v) is 5.76. The molecule has 0 aliphatic rings. The third-order valence-electron chi connectivity index (χ3n) is 3.54. The summed E-state index contributed by atoms with van der Waals surface area (Å²) < 4.78 is 5.84. The molecule has 3 rings (SSSR count). The maximum absolute atomic E-state index is 12.6. The molecule has 0 unspecified atom stereocenters. The predicted octanol–water partition coefficient (Wildman–Crippen LogP) is 5.69. The molecule has 3 aromatic carbocycles. The van der Waals surface area contributed by atoms with Crippen molar-refractivity contribution in [2.75, 3.05) is 5.32 Å². The number of halogens is 1. The first-order chi connectivity index (χ1) is 11.6. The summed E-state index contributed by atoms with van der Waals surface area (Å²) in [4.78, 5) is 12.6. The minimum Gasteiger partial charge on any atom is -0.457 e. The molecule has 120 valence electrons. The van der Waals surface area contributed by atoms with Crippen molar-refractivity contribution in [3.63, 3.8) is 0 Å². The maximum atomic E-state index is 12.6. The first-order valence-electron chi connectivity index (χ1n) is 7.53. The largest absolute Gasteiger partial charge is 0.457 e. The summed E-state index contributed by atoms with van der Waals surface area (Å²) in [6, 6.07) is 21.9. The Bertz CT molecular complexity index is 863. The molecule has 4 heteroatoms. The van der Waals surface area contributed by atoms with Crippen molar-refractivity contribution in [2.24, 2.45) is 0 Å². The van der Waals surface area contributed by atoms with Gasteiger partial charge in [0, 0.05) is 10.7 Å². The maximum Gasteiger partial charge on any atom is 0.259 e. The fourth-order valence-corrected chi connectivity index (χ4v) is 2.54. The average molecular weight is 338 g/mol. The Morgan fingerprint density at radius 1 is 0.958 bits per heavy atom. The second kappa shape index (κ2) is 7.20. The number of anilines is 1. The van der Waals surface area contributed by atoms with Crippen LogP contribution >= 0.6 is 11.6 Å². The fourth-order valence-electron chi connectivity index (χ4n) is 2.32. The van der Waals surface area contributed by atoms with Gasteiger partial charge in [-0.15, -0.1) is 0 Å². The van der Waals surface area contributed by atoms with Gasteiger partial charge >= 0.3 is 0 Å². The van der Waals surface area contributed by atoms with E-state index in [4.69, 9.17) is 16.3 Å². The van der Waals surface area contributed by atoms with Crippen LogP contribution < -0.4 is 10.1 Å². The molecule has 0 radical (unpaired) electrons. The molecular weight excluding hydrogens is 322 g/mol. The molecule has 1 amide bonds. The van der Waals surface area contributed by atoms with Gasteiger partial charge in [-0.3, -0.25) is 4.79 Å². The minimum absolute atomic E-state index is 0.230. The van der Waals surface area contributed by atoms with Crippen molar-refractivity contribution in [1.82, 2.24) is 0 Å². The van der Waals surface area contributed by atoms with E-state index in [2.05, 4.69) is 5.32 Å². The van der Waals surface area contributed by atoms with Gasteiger partial charge in [0.2, 0.25) is 0 Å². The van der Waals surface area contributed by atoms with E-state index in [0.717, 1.165) is 11.3 Å². The number of nitrogens with one attached hydrogen (secondary N) is 1. The van der Waals surface area contributed by atoms with Gasteiger partial charge in [-0.25, -0.2) is 0 Å². The lowest BCUT2D eigenvalue weighted by Crippen LogP contribution is -2.13. The molecule has 0 saturated heterocycles. The van der Waals surface area contributed by atoms with Crippen LogP contribution in [0.5, 0.6) is 11.5 Å². The van der Waals surface area contributed by atoms with E-state index >= 15 is 0 Å². The van der Waals surface area contributed by atoms with E-state index in [1.807, 2.05) is 55.5 Å².